The fourth-order valence-electron chi connectivity index (χ4n) is 0.919. The quantitative estimate of drug-likeness (QED) is 0.193. The standard InChI is InChI=1S/C11H18O5/c1-9(2)11(12)16-8-14-5-3-4-13-6-10-7-15-10/h10H,1,3-8H2,2H3. The maximum absolute atomic E-state index is 10.9. The van der Waals surface area contributed by atoms with Crippen molar-refractivity contribution in [2.45, 2.75) is 19.4 Å². The Labute approximate surface area is 95.3 Å². The van der Waals surface area contributed by atoms with Gasteiger partial charge in [-0.2, -0.15) is 0 Å². The van der Waals surface area contributed by atoms with Gasteiger partial charge in [-0.1, -0.05) is 6.58 Å². The first-order valence-electron chi connectivity index (χ1n) is 5.30. The van der Waals surface area contributed by atoms with Gasteiger partial charge >= 0.3 is 5.97 Å². The fraction of sp³-hybridized carbons (Fsp3) is 0.727. The Morgan fingerprint density at radius 1 is 1.44 bits per heavy atom. The van der Waals surface area contributed by atoms with Gasteiger partial charge in [0.05, 0.1) is 19.8 Å². The minimum absolute atomic E-state index is 0.0303. The van der Waals surface area contributed by atoms with Crippen LogP contribution >= 0.6 is 0 Å². The van der Waals surface area contributed by atoms with Gasteiger partial charge in [-0.25, -0.2) is 4.79 Å². The zero-order chi connectivity index (χ0) is 11.8. The van der Waals surface area contributed by atoms with Gasteiger partial charge in [0.1, 0.15) is 6.10 Å². The van der Waals surface area contributed by atoms with E-state index < -0.39 is 5.97 Å². The van der Waals surface area contributed by atoms with Crippen molar-refractivity contribution in [1.82, 2.24) is 0 Å². The van der Waals surface area contributed by atoms with E-state index in [9.17, 15) is 4.79 Å². The molecule has 1 aliphatic rings. The van der Waals surface area contributed by atoms with Crippen LogP contribution in [0.3, 0.4) is 0 Å². The highest BCUT2D eigenvalue weighted by molar-refractivity contribution is 5.86. The first-order chi connectivity index (χ1) is 7.70. The normalized spacial score (nSPS) is 18.2. The Bertz CT molecular complexity index is 235. The second kappa shape index (κ2) is 7.38. The molecule has 1 saturated heterocycles. The van der Waals surface area contributed by atoms with E-state index in [-0.39, 0.29) is 6.79 Å². The van der Waals surface area contributed by atoms with Crippen LogP contribution < -0.4 is 0 Å². The van der Waals surface area contributed by atoms with Crippen LogP contribution in [0.2, 0.25) is 0 Å². The number of esters is 1. The summed E-state index contributed by atoms with van der Waals surface area (Å²) in [6, 6.07) is 0. The molecule has 0 aromatic rings. The summed E-state index contributed by atoms with van der Waals surface area (Å²) in [6.07, 6.45) is 1.08. The zero-order valence-electron chi connectivity index (χ0n) is 9.57. The number of hydrogen-bond donors (Lipinski definition) is 0. The third kappa shape index (κ3) is 6.55. The molecule has 0 bridgehead atoms. The zero-order valence-corrected chi connectivity index (χ0v) is 9.57. The minimum Gasteiger partial charge on any atom is -0.435 e. The first-order valence-corrected chi connectivity index (χ1v) is 5.30. The molecule has 16 heavy (non-hydrogen) atoms. The molecule has 0 amide bonds. The highest BCUT2D eigenvalue weighted by Crippen LogP contribution is 2.08. The molecule has 0 aromatic heterocycles. The van der Waals surface area contributed by atoms with Crippen molar-refractivity contribution in [2.24, 2.45) is 0 Å². The second-order valence-electron chi connectivity index (χ2n) is 3.62. The predicted molar refractivity (Wildman–Crippen MR) is 56.9 cm³/mol. The molecule has 0 saturated carbocycles. The van der Waals surface area contributed by atoms with E-state index in [0.717, 1.165) is 13.0 Å². The van der Waals surface area contributed by atoms with E-state index in [1.54, 1.807) is 6.92 Å². The Morgan fingerprint density at radius 3 is 2.75 bits per heavy atom. The number of rotatable bonds is 9. The smallest absolute Gasteiger partial charge is 0.335 e. The topological polar surface area (TPSA) is 57.3 Å². The molecule has 0 aliphatic carbocycles. The molecule has 0 spiro atoms. The summed E-state index contributed by atoms with van der Waals surface area (Å²) in [7, 11) is 0. The van der Waals surface area contributed by atoms with Crippen molar-refractivity contribution < 1.29 is 23.7 Å². The van der Waals surface area contributed by atoms with E-state index >= 15 is 0 Å². The lowest BCUT2D eigenvalue weighted by atomic mass is 10.4. The Morgan fingerprint density at radius 2 is 2.12 bits per heavy atom. The molecule has 92 valence electrons. The number of hydrogen-bond acceptors (Lipinski definition) is 5. The van der Waals surface area contributed by atoms with Gasteiger partial charge in [0.15, 0.2) is 6.79 Å². The molecule has 5 nitrogen and oxygen atoms in total. The van der Waals surface area contributed by atoms with Gasteiger partial charge in [0.25, 0.3) is 0 Å². The van der Waals surface area contributed by atoms with Gasteiger partial charge < -0.3 is 18.9 Å². The van der Waals surface area contributed by atoms with Gasteiger partial charge in [0, 0.05) is 12.2 Å². The molecule has 1 atom stereocenters. The number of epoxide rings is 1. The largest absolute Gasteiger partial charge is 0.435 e. The van der Waals surface area contributed by atoms with E-state index in [2.05, 4.69) is 6.58 Å². The minimum atomic E-state index is -0.429. The summed E-state index contributed by atoms with van der Waals surface area (Å²) in [6.45, 7) is 7.63. The summed E-state index contributed by atoms with van der Waals surface area (Å²) in [4.78, 5) is 10.9. The summed E-state index contributed by atoms with van der Waals surface area (Å²) in [5.74, 6) is -0.429. The lowest BCUT2D eigenvalue weighted by Crippen LogP contribution is -2.10. The van der Waals surface area contributed by atoms with Crippen LogP contribution in [0.15, 0.2) is 12.2 Å². The van der Waals surface area contributed by atoms with Crippen molar-refractivity contribution in [1.29, 1.82) is 0 Å². The average Bonchev–Trinajstić information content (AvgIpc) is 3.05. The summed E-state index contributed by atoms with van der Waals surface area (Å²) >= 11 is 0. The predicted octanol–water partition coefficient (Wildman–Crippen LogP) is 0.885. The molecule has 5 heteroatoms. The van der Waals surface area contributed by atoms with Crippen molar-refractivity contribution >= 4 is 5.97 Å². The molecule has 0 radical (unpaired) electrons. The van der Waals surface area contributed by atoms with Crippen molar-refractivity contribution in [3.05, 3.63) is 12.2 Å². The molecule has 1 fully saturated rings. The molecule has 1 aliphatic heterocycles. The van der Waals surface area contributed by atoms with Crippen molar-refractivity contribution in [3.63, 3.8) is 0 Å². The second-order valence-corrected chi connectivity index (χ2v) is 3.62. The number of carbonyl (C=O) groups is 1. The first kappa shape index (κ1) is 13.2. The third-order valence-corrected chi connectivity index (χ3v) is 1.91. The van der Waals surface area contributed by atoms with Gasteiger partial charge in [-0.3, -0.25) is 0 Å². The summed E-state index contributed by atoms with van der Waals surface area (Å²) in [5.41, 5.74) is 0.372. The Hall–Kier alpha value is -0.910. The number of ether oxygens (including phenoxy) is 4. The van der Waals surface area contributed by atoms with Crippen LogP contribution in [-0.2, 0) is 23.7 Å². The lowest BCUT2D eigenvalue weighted by molar-refractivity contribution is -0.151. The van der Waals surface area contributed by atoms with E-state index in [0.29, 0.717) is 31.5 Å². The third-order valence-electron chi connectivity index (χ3n) is 1.91. The molecule has 0 N–H and O–H groups in total. The molecule has 1 rings (SSSR count). The fourth-order valence-corrected chi connectivity index (χ4v) is 0.919. The molecule has 1 unspecified atom stereocenters. The van der Waals surface area contributed by atoms with E-state index in [1.807, 2.05) is 0 Å². The molecule has 0 aromatic carbocycles. The van der Waals surface area contributed by atoms with Gasteiger partial charge in [-0.15, -0.1) is 0 Å². The van der Waals surface area contributed by atoms with E-state index in [1.165, 1.54) is 0 Å². The van der Waals surface area contributed by atoms with Crippen LogP contribution in [0.5, 0.6) is 0 Å². The summed E-state index contributed by atoms with van der Waals surface area (Å²) in [5, 5.41) is 0. The lowest BCUT2D eigenvalue weighted by Gasteiger charge is -2.05. The highest BCUT2D eigenvalue weighted by Gasteiger charge is 2.21. The average molecular weight is 230 g/mol. The molecule has 1 heterocycles. The van der Waals surface area contributed by atoms with E-state index in [4.69, 9.17) is 18.9 Å². The van der Waals surface area contributed by atoms with Crippen LogP contribution in [0.4, 0.5) is 0 Å². The summed E-state index contributed by atoms with van der Waals surface area (Å²) < 4.78 is 20.1. The van der Waals surface area contributed by atoms with Gasteiger partial charge in [-0.05, 0) is 13.3 Å². The Balaban J connectivity index is 1.76. The molecular weight excluding hydrogens is 212 g/mol. The maximum Gasteiger partial charge on any atom is 0.335 e. The van der Waals surface area contributed by atoms with Crippen LogP contribution in [0.25, 0.3) is 0 Å². The van der Waals surface area contributed by atoms with Crippen LogP contribution in [-0.4, -0.2) is 45.3 Å². The van der Waals surface area contributed by atoms with Crippen LogP contribution in [0.1, 0.15) is 13.3 Å². The number of carbonyl (C=O) groups excluding carboxylic acids is 1. The highest BCUT2D eigenvalue weighted by atomic mass is 16.7. The molecular formula is C11H18O5. The van der Waals surface area contributed by atoms with Crippen molar-refractivity contribution in [3.8, 4) is 0 Å². The van der Waals surface area contributed by atoms with Crippen LogP contribution in [0, 0.1) is 0 Å². The SMILES string of the molecule is C=C(C)C(=O)OCOCCCOCC1CO1. The maximum atomic E-state index is 10.9. The Kier molecular flexibility index (Phi) is 6.07. The van der Waals surface area contributed by atoms with Gasteiger partial charge in [0.2, 0.25) is 0 Å². The van der Waals surface area contributed by atoms with Crippen molar-refractivity contribution in [2.75, 3.05) is 33.2 Å². The monoisotopic (exact) mass is 230 g/mol.